The molecule has 168 valence electrons. The van der Waals surface area contributed by atoms with Crippen molar-refractivity contribution in [3.8, 4) is 23.3 Å². The van der Waals surface area contributed by atoms with Crippen LogP contribution in [0.15, 0.2) is 48.5 Å². The van der Waals surface area contributed by atoms with Crippen molar-refractivity contribution in [2.45, 2.75) is 37.7 Å². The lowest BCUT2D eigenvalue weighted by Crippen LogP contribution is -2.32. The minimum absolute atomic E-state index is 0.116. The molecule has 0 heterocycles. The number of esters is 2. The number of methoxy groups -OCH3 is 3. The minimum atomic E-state index is -1.24. The molecule has 1 aliphatic carbocycles. The van der Waals surface area contributed by atoms with Crippen molar-refractivity contribution in [3.05, 3.63) is 59.7 Å². The first-order valence-corrected chi connectivity index (χ1v) is 10.6. The van der Waals surface area contributed by atoms with Crippen LogP contribution in [0.4, 0.5) is 0 Å². The SMILES string of the molecule is COC(=O)C(C(=O)OC)C(C#Cc1ccccc1)c1ccc(OC)c(OC2CCCC2)c1. The fraction of sp³-hybridized carbons (Fsp3) is 0.385. The standard InChI is InChI=1S/C26H28O6/c1-29-22-16-14-19(17-23(22)32-20-11-7-8-12-20)21(15-13-18-9-5-4-6-10-18)24(25(27)30-2)26(28)31-3/h4-6,9-10,14,16-17,20-21,24H,7-8,11-12H2,1-3H3. The summed E-state index contributed by atoms with van der Waals surface area (Å²) >= 11 is 0. The predicted molar refractivity (Wildman–Crippen MR) is 119 cm³/mol. The number of ether oxygens (including phenoxy) is 4. The zero-order chi connectivity index (χ0) is 22.9. The lowest BCUT2D eigenvalue weighted by molar-refractivity contribution is -0.159. The van der Waals surface area contributed by atoms with Crippen molar-refractivity contribution in [2.24, 2.45) is 5.92 Å². The maximum atomic E-state index is 12.6. The molecule has 1 unspecified atom stereocenters. The highest BCUT2D eigenvalue weighted by Gasteiger charge is 2.37. The van der Waals surface area contributed by atoms with Crippen molar-refractivity contribution in [1.29, 1.82) is 0 Å². The molecule has 0 N–H and O–H groups in total. The zero-order valence-electron chi connectivity index (χ0n) is 18.6. The molecular formula is C26H28O6. The van der Waals surface area contributed by atoms with Gasteiger partial charge >= 0.3 is 11.9 Å². The van der Waals surface area contributed by atoms with E-state index in [0.717, 1.165) is 31.2 Å². The van der Waals surface area contributed by atoms with Gasteiger partial charge in [-0.2, -0.15) is 0 Å². The van der Waals surface area contributed by atoms with Crippen molar-refractivity contribution in [2.75, 3.05) is 21.3 Å². The number of hydrogen-bond donors (Lipinski definition) is 0. The molecule has 1 atom stereocenters. The van der Waals surface area contributed by atoms with Crippen LogP contribution in [0.25, 0.3) is 0 Å². The first-order valence-electron chi connectivity index (χ1n) is 10.6. The van der Waals surface area contributed by atoms with E-state index in [1.54, 1.807) is 25.3 Å². The van der Waals surface area contributed by atoms with E-state index in [0.29, 0.717) is 17.1 Å². The van der Waals surface area contributed by atoms with Crippen LogP contribution in [0.2, 0.25) is 0 Å². The summed E-state index contributed by atoms with van der Waals surface area (Å²) in [5.74, 6) is 3.85. The van der Waals surface area contributed by atoms with Gasteiger partial charge in [-0.1, -0.05) is 36.1 Å². The number of hydrogen-bond acceptors (Lipinski definition) is 6. The second kappa shape index (κ2) is 11.2. The van der Waals surface area contributed by atoms with Crippen molar-refractivity contribution >= 4 is 11.9 Å². The normalized spacial score (nSPS) is 14.2. The van der Waals surface area contributed by atoms with Crippen LogP contribution in [0, 0.1) is 17.8 Å². The molecular weight excluding hydrogens is 408 g/mol. The Bertz CT molecular complexity index is 966. The van der Waals surface area contributed by atoms with Gasteiger partial charge in [-0.15, -0.1) is 0 Å². The van der Waals surface area contributed by atoms with Gasteiger partial charge in [-0.05, 0) is 55.5 Å². The number of benzene rings is 2. The molecule has 0 aliphatic heterocycles. The highest BCUT2D eigenvalue weighted by atomic mass is 16.5. The molecule has 0 amide bonds. The van der Waals surface area contributed by atoms with Gasteiger partial charge in [-0.3, -0.25) is 9.59 Å². The molecule has 6 heteroatoms. The quantitative estimate of drug-likeness (QED) is 0.370. The third-order valence-corrected chi connectivity index (χ3v) is 5.53. The molecule has 2 aromatic carbocycles. The summed E-state index contributed by atoms with van der Waals surface area (Å²) in [6.07, 6.45) is 4.34. The summed E-state index contributed by atoms with van der Waals surface area (Å²) in [6.45, 7) is 0. The van der Waals surface area contributed by atoms with Crippen LogP contribution in [0.3, 0.4) is 0 Å². The zero-order valence-corrected chi connectivity index (χ0v) is 18.6. The maximum absolute atomic E-state index is 12.6. The fourth-order valence-corrected chi connectivity index (χ4v) is 3.83. The Morgan fingerprint density at radius 1 is 0.906 bits per heavy atom. The lowest BCUT2D eigenvalue weighted by atomic mass is 9.85. The third-order valence-electron chi connectivity index (χ3n) is 5.53. The van der Waals surface area contributed by atoms with E-state index in [4.69, 9.17) is 18.9 Å². The fourth-order valence-electron chi connectivity index (χ4n) is 3.83. The summed E-state index contributed by atoms with van der Waals surface area (Å²) < 4.78 is 21.5. The second-order valence-corrected chi connectivity index (χ2v) is 7.57. The summed E-state index contributed by atoms with van der Waals surface area (Å²) in [5.41, 5.74) is 1.41. The van der Waals surface area contributed by atoms with E-state index in [-0.39, 0.29) is 6.10 Å². The summed E-state index contributed by atoms with van der Waals surface area (Å²) in [5, 5.41) is 0. The highest BCUT2D eigenvalue weighted by Crippen LogP contribution is 2.36. The number of carbonyl (C=O) groups is 2. The number of carbonyl (C=O) groups excluding carboxylic acids is 2. The Morgan fingerprint density at radius 2 is 1.56 bits per heavy atom. The highest BCUT2D eigenvalue weighted by molar-refractivity contribution is 5.96. The molecule has 6 nitrogen and oxygen atoms in total. The molecule has 0 aromatic heterocycles. The Labute approximate surface area is 188 Å². The van der Waals surface area contributed by atoms with Gasteiger partial charge in [0.25, 0.3) is 0 Å². The van der Waals surface area contributed by atoms with Crippen molar-refractivity contribution < 1.29 is 28.5 Å². The predicted octanol–water partition coefficient (Wildman–Crippen LogP) is 4.11. The van der Waals surface area contributed by atoms with E-state index in [1.165, 1.54) is 14.2 Å². The molecule has 2 aromatic rings. The molecule has 1 saturated carbocycles. The smallest absolute Gasteiger partial charge is 0.321 e. The van der Waals surface area contributed by atoms with Gasteiger partial charge in [0.1, 0.15) is 0 Å². The summed E-state index contributed by atoms with van der Waals surface area (Å²) in [7, 11) is 4.06. The Morgan fingerprint density at radius 3 is 2.16 bits per heavy atom. The monoisotopic (exact) mass is 436 g/mol. The van der Waals surface area contributed by atoms with Crippen LogP contribution >= 0.6 is 0 Å². The molecule has 0 spiro atoms. The lowest BCUT2D eigenvalue weighted by Gasteiger charge is -2.22. The van der Waals surface area contributed by atoms with Crippen LogP contribution in [0.5, 0.6) is 11.5 Å². The molecule has 3 rings (SSSR count). The largest absolute Gasteiger partial charge is 0.493 e. The van der Waals surface area contributed by atoms with Crippen LogP contribution in [-0.4, -0.2) is 39.4 Å². The first kappa shape index (κ1) is 23.2. The number of rotatable bonds is 7. The van der Waals surface area contributed by atoms with Gasteiger partial charge in [0.15, 0.2) is 17.4 Å². The van der Waals surface area contributed by atoms with E-state index in [1.807, 2.05) is 30.3 Å². The van der Waals surface area contributed by atoms with Gasteiger partial charge in [-0.25, -0.2) is 0 Å². The van der Waals surface area contributed by atoms with E-state index >= 15 is 0 Å². The van der Waals surface area contributed by atoms with Crippen LogP contribution in [-0.2, 0) is 19.1 Å². The van der Waals surface area contributed by atoms with Crippen molar-refractivity contribution in [3.63, 3.8) is 0 Å². The van der Waals surface area contributed by atoms with Gasteiger partial charge in [0.2, 0.25) is 0 Å². The first-order chi connectivity index (χ1) is 15.6. The summed E-state index contributed by atoms with van der Waals surface area (Å²) in [4.78, 5) is 25.2. The van der Waals surface area contributed by atoms with Gasteiger partial charge in [0.05, 0.1) is 33.4 Å². The topological polar surface area (TPSA) is 71.1 Å². The molecule has 1 fully saturated rings. The van der Waals surface area contributed by atoms with E-state index < -0.39 is 23.8 Å². The minimum Gasteiger partial charge on any atom is -0.493 e. The van der Waals surface area contributed by atoms with Crippen LogP contribution in [0.1, 0.15) is 42.7 Å². The average molecular weight is 437 g/mol. The van der Waals surface area contributed by atoms with Crippen LogP contribution < -0.4 is 9.47 Å². The molecule has 0 radical (unpaired) electrons. The van der Waals surface area contributed by atoms with Gasteiger partial charge < -0.3 is 18.9 Å². The van der Waals surface area contributed by atoms with E-state index in [2.05, 4.69) is 11.8 Å². The second-order valence-electron chi connectivity index (χ2n) is 7.57. The maximum Gasteiger partial charge on any atom is 0.321 e. The molecule has 1 aliphatic rings. The molecule has 32 heavy (non-hydrogen) atoms. The van der Waals surface area contributed by atoms with Crippen molar-refractivity contribution in [1.82, 2.24) is 0 Å². The van der Waals surface area contributed by atoms with E-state index in [9.17, 15) is 9.59 Å². The molecule has 0 bridgehead atoms. The Hall–Kier alpha value is -3.46. The average Bonchev–Trinajstić information content (AvgIpc) is 3.34. The Balaban J connectivity index is 2.06. The molecule has 0 saturated heterocycles. The third kappa shape index (κ3) is 5.61. The van der Waals surface area contributed by atoms with Gasteiger partial charge in [0, 0.05) is 5.56 Å². The Kier molecular flexibility index (Phi) is 8.15. The summed E-state index contributed by atoms with van der Waals surface area (Å²) in [6, 6.07) is 14.7.